The molecule has 0 aliphatic carbocycles. The molecule has 2 rings (SSSR count). The molecule has 2 aromatic rings. The van der Waals surface area contributed by atoms with Crippen LogP contribution in [0.15, 0.2) is 32.7 Å². The van der Waals surface area contributed by atoms with Gasteiger partial charge >= 0.3 is 0 Å². The maximum Gasteiger partial charge on any atom is 0.257 e. The van der Waals surface area contributed by atoms with Gasteiger partial charge in [0.1, 0.15) is 5.52 Å². The first-order chi connectivity index (χ1) is 12.8. The van der Waals surface area contributed by atoms with Crippen molar-refractivity contribution in [3.05, 3.63) is 18.2 Å². The van der Waals surface area contributed by atoms with Crippen molar-refractivity contribution in [2.45, 2.75) is 30.4 Å². The van der Waals surface area contributed by atoms with Gasteiger partial charge < -0.3 is 9.32 Å². The fraction of sp³-hybridized carbons (Fsp3) is 0.471. The zero-order chi connectivity index (χ0) is 20.0. The van der Waals surface area contributed by atoms with E-state index in [1.165, 1.54) is 21.3 Å². The Morgan fingerprint density at radius 1 is 1.33 bits per heavy atom. The van der Waals surface area contributed by atoms with Crippen LogP contribution in [-0.4, -0.2) is 60.9 Å². The minimum atomic E-state index is -3.57. The number of carbonyl (C=O) groups is 1. The van der Waals surface area contributed by atoms with Crippen LogP contribution < -0.4 is 0 Å². The monoisotopic (exact) mass is 410 g/mol. The topological polar surface area (TPSA) is 108 Å². The maximum atomic E-state index is 12.6. The molecule has 27 heavy (non-hydrogen) atoms. The van der Waals surface area contributed by atoms with Crippen LogP contribution in [0.5, 0.6) is 0 Å². The van der Waals surface area contributed by atoms with Crippen LogP contribution >= 0.6 is 11.8 Å². The maximum absolute atomic E-state index is 12.6. The molecule has 8 nitrogen and oxygen atoms in total. The summed E-state index contributed by atoms with van der Waals surface area (Å²) in [6, 6.07) is 6.55. The van der Waals surface area contributed by atoms with Crippen LogP contribution in [0.1, 0.15) is 20.3 Å². The minimum absolute atomic E-state index is 0.124. The standard InChI is InChI=1S/C17H22N4O4S2/c1-4-21(5-2)27(23,24)13-7-8-15-14(11-13)19-17(25-15)26-12-16(22)20(3)10-6-9-18/h7-8,11H,4-6,10,12H2,1-3H3. The number of fused-ring (bicyclic) bond motifs is 1. The fourth-order valence-corrected chi connectivity index (χ4v) is 4.65. The summed E-state index contributed by atoms with van der Waals surface area (Å²) in [6.07, 6.45) is 0.277. The van der Waals surface area contributed by atoms with E-state index in [4.69, 9.17) is 9.68 Å². The van der Waals surface area contributed by atoms with Crippen molar-refractivity contribution in [2.75, 3.05) is 32.4 Å². The van der Waals surface area contributed by atoms with Crippen molar-refractivity contribution in [3.63, 3.8) is 0 Å². The number of thioether (sulfide) groups is 1. The lowest BCUT2D eigenvalue weighted by Gasteiger charge is -2.18. The lowest BCUT2D eigenvalue weighted by molar-refractivity contribution is -0.127. The number of hydrogen-bond donors (Lipinski definition) is 0. The summed E-state index contributed by atoms with van der Waals surface area (Å²) in [6.45, 7) is 4.72. The van der Waals surface area contributed by atoms with Gasteiger partial charge in [0.2, 0.25) is 15.9 Å². The van der Waals surface area contributed by atoms with E-state index in [9.17, 15) is 13.2 Å². The Kier molecular flexibility index (Phi) is 7.24. The van der Waals surface area contributed by atoms with E-state index in [-0.39, 0.29) is 23.0 Å². The molecule has 0 unspecified atom stereocenters. The van der Waals surface area contributed by atoms with Gasteiger partial charge in [0.15, 0.2) is 5.58 Å². The first kappa shape index (κ1) is 21.2. The second-order valence-electron chi connectivity index (χ2n) is 5.71. The molecule has 0 N–H and O–H groups in total. The number of sulfonamides is 1. The highest BCUT2D eigenvalue weighted by atomic mass is 32.2. The number of rotatable bonds is 9. The number of amides is 1. The van der Waals surface area contributed by atoms with Crippen LogP contribution in [0.25, 0.3) is 11.1 Å². The van der Waals surface area contributed by atoms with Gasteiger partial charge in [-0.3, -0.25) is 4.79 Å². The summed E-state index contributed by atoms with van der Waals surface area (Å²) in [7, 11) is -1.94. The van der Waals surface area contributed by atoms with Crippen LogP contribution in [-0.2, 0) is 14.8 Å². The number of nitriles is 1. The molecule has 0 saturated heterocycles. The molecule has 0 aliphatic heterocycles. The third-order valence-electron chi connectivity index (χ3n) is 3.99. The van der Waals surface area contributed by atoms with E-state index in [1.807, 2.05) is 6.07 Å². The van der Waals surface area contributed by atoms with Crippen LogP contribution in [0.2, 0.25) is 0 Å². The molecule has 0 radical (unpaired) electrons. The van der Waals surface area contributed by atoms with E-state index < -0.39 is 10.0 Å². The first-order valence-corrected chi connectivity index (χ1v) is 10.9. The molecule has 0 fully saturated rings. The number of carbonyl (C=O) groups excluding carboxylic acids is 1. The van der Waals surface area contributed by atoms with Gasteiger partial charge in [-0.2, -0.15) is 9.57 Å². The van der Waals surface area contributed by atoms with Gasteiger partial charge in [0, 0.05) is 26.7 Å². The molecule has 1 heterocycles. The van der Waals surface area contributed by atoms with Gasteiger partial charge in [-0.05, 0) is 18.2 Å². The number of nitrogens with zero attached hydrogens (tertiary/aromatic N) is 4. The molecule has 0 atom stereocenters. The zero-order valence-corrected chi connectivity index (χ0v) is 17.1. The molecule has 0 bridgehead atoms. The van der Waals surface area contributed by atoms with Gasteiger partial charge in [-0.1, -0.05) is 25.6 Å². The lowest BCUT2D eigenvalue weighted by Crippen LogP contribution is -2.30. The van der Waals surface area contributed by atoms with Crippen LogP contribution in [0, 0.1) is 11.3 Å². The molecule has 10 heteroatoms. The molecular weight excluding hydrogens is 388 g/mol. The van der Waals surface area contributed by atoms with Crippen LogP contribution in [0.3, 0.4) is 0 Å². The summed E-state index contributed by atoms with van der Waals surface area (Å²) in [5.74, 6) is -0.0124. The molecule has 0 aliphatic rings. The zero-order valence-electron chi connectivity index (χ0n) is 15.5. The summed E-state index contributed by atoms with van der Waals surface area (Å²) in [4.78, 5) is 17.9. The number of benzene rings is 1. The number of oxazole rings is 1. The summed E-state index contributed by atoms with van der Waals surface area (Å²) in [5, 5.41) is 8.86. The highest BCUT2D eigenvalue weighted by molar-refractivity contribution is 7.99. The molecule has 1 amide bonds. The summed E-state index contributed by atoms with van der Waals surface area (Å²) >= 11 is 1.13. The van der Waals surface area contributed by atoms with E-state index in [0.717, 1.165) is 11.8 Å². The molecule has 1 aromatic heterocycles. The quantitative estimate of drug-likeness (QED) is 0.584. The SMILES string of the molecule is CCN(CC)S(=O)(=O)c1ccc2oc(SCC(=O)N(C)CCC#N)nc2c1. The average Bonchev–Trinajstić information content (AvgIpc) is 3.06. The average molecular weight is 411 g/mol. The predicted octanol–water partition coefficient (Wildman–Crippen LogP) is 2.32. The Hall–Kier alpha value is -2.09. The minimum Gasteiger partial charge on any atom is -0.431 e. The molecule has 146 valence electrons. The first-order valence-electron chi connectivity index (χ1n) is 8.47. The van der Waals surface area contributed by atoms with Crippen molar-refractivity contribution >= 4 is 38.8 Å². The highest BCUT2D eigenvalue weighted by Crippen LogP contribution is 2.26. The Morgan fingerprint density at radius 3 is 2.67 bits per heavy atom. The van der Waals surface area contributed by atoms with E-state index in [0.29, 0.717) is 36.0 Å². The Balaban J connectivity index is 2.14. The normalized spacial score (nSPS) is 11.7. The van der Waals surface area contributed by atoms with Gasteiger partial charge in [0.05, 0.1) is 23.1 Å². The second-order valence-corrected chi connectivity index (χ2v) is 8.58. The summed E-state index contributed by atoms with van der Waals surface area (Å²) < 4.78 is 32.2. The smallest absolute Gasteiger partial charge is 0.257 e. The molecular formula is C17H22N4O4S2. The Labute approximate surface area is 163 Å². The van der Waals surface area contributed by atoms with E-state index in [1.54, 1.807) is 27.0 Å². The fourth-order valence-electron chi connectivity index (χ4n) is 2.40. The van der Waals surface area contributed by atoms with Crippen molar-refractivity contribution < 1.29 is 17.6 Å². The summed E-state index contributed by atoms with van der Waals surface area (Å²) in [5.41, 5.74) is 0.886. The third kappa shape index (κ3) is 5.00. The molecule has 0 spiro atoms. The Morgan fingerprint density at radius 2 is 2.04 bits per heavy atom. The van der Waals surface area contributed by atoms with Gasteiger partial charge in [0.25, 0.3) is 5.22 Å². The lowest BCUT2D eigenvalue weighted by atomic mass is 10.3. The van der Waals surface area contributed by atoms with Gasteiger partial charge in [-0.15, -0.1) is 0 Å². The van der Waals surface area contributed by atoms with Crippen molar-refractivity contribution in [1.82, 2.24) is 14.2 Å². The Bertz CT molecular complexity index is 945. The van der Waals surface area contributed by atoms with E-state index in [2.05, 4.69) is 4.98 Å². The second kappa shape index (κ2) is 9.21. The third-order valence-corrected chi connectivity index (χ3v) is 6.85. The van der Waals surface area contributed by atoms with E-state index >= 15 is 0 Å². The predicted molar refractivity (Wildman–Crippen MR) is 103 cm³/mol. The molecule has 1 aromatic carbocycles. The van der Waals surface area contributed by atoms with Crippen LogP contribution in [0.4, 0.5) is 0 Å². The highest BCUT2D eigenvalue weighted by Gasteiger charge is 2.22. The van der Waals surface area contributed by atoms with Gasteiger partial charge in [-0.25, -0.2) is 13.4 Å². The van der Waals surface area contributed by atoms with Crippen molar-refractivity contribution in [2.24, 2.45) is 0 Å². The number of hydrogen-bond acceptors (Lipinski definition) is 7. The number of aromatic nitrogens is 1. The van der Waals surface area contributed by atoms with Crippen molar-refractivity contribution in [1.29, 1.82) is 5.26 Å². The van der Waals surface area contributed by atoms with Crippen molar-refractivity contribution in [3.8, 4) is 6.07 Å². The molecule has 0 saturated carbocycles. The largest absolute Gasteiger partial charge is 0.431 e.